The number of thiol groups is 1. The summed E-state index contributed by atoms with van der Waals surface area (Å²) in [6.07, 6.45) is -1.57. The Morgan fingerprint density at radius 3 is 1.86 bits per heavy atom. The summed E-state index contributed by atoms with van der Waals surface area (Å²) in [5, 5.41) is 33.7. The number of carbonyl (C=O) groups excluding carboxylic acids is 3. The molecule has 4 atom stereocenters. The smallest absolute Gasteiger partial charge is 0.326 e. The number of nitrogens with two attached hydrogens (primary N) is 1. The van der Waals surface area contributed by atoms with Crippen LogP contribution in [0.2, 0.25) is 0 Å². The average Bonchev–Trinajstić information content (AvgIpc) is 2.79. The van der Waals surface area contributed by atoms with Crippen molar-refractivity contribution in [1.82, 2.24) is 16.0 Å². The highest BCUT2D eigenvalue weighted by atomic mass is 32.1. The molecule has 0 radical (unpaired) electrons. The molecule has 1 aromatic rings. The Bertz CT molecular complexity index is 929. The molecule has 13 nitrogen and oxygen atoms in total. The Hall–Kier alpha value is -3.65. The Morgan fingerprint density at radius 2 is 1.34 bits per heavy atom. The van der Waals surface area contributed by atoms with Crippen LogP contribution >= 0.6 is 12.6 Å². The minimum Gasteiger partial charge on any atom is -0.481 e. The molecule has 4 unspecified atom stereocenters. The maximum absolute atomic E-state index is 12.9. The fraction of sp³-hybridized carbons (Fsp3) is 0.429. The monoisotopic (exact) mass is 512 g/mol. The summed E-state index contributed by atoms with van der Waals surface area (Å²) < 4.78 is 0. The van der Waals surface area contributed by atoms with Gasteiger partial charge >= 0.3 is 17.9 Å². The van der Waals surface area contributed by atoms with Gasteiger partial charge in [-0.1, -0.05) is 30.3 Å². The molecule has 0 bridgehead atoms. The minimum atomic E-state index is -1.51. The van der Waals surface area contributed by atoms with E-state index in [4.69, 9.17) is 15.9 Å². The Morgan fingerprint density at radius 1 is 0.800 bits per heavy atom. The molecule has 192 valence electrons. The van der Waals surface area contributed by atoms with Gasteiger partial charge in [0.15, 0.2) is 0 Å². The average molecular weight is 513 g/mol. The Kier molecular flexibility index (Phi) is 12.2. The number of hydrogen-bond acceptors (Lipinski definition) is 8. The molecule has 0 aliphatic heterocycles. The summed E-state index contributed by atoms with van der Waals surface area (Å²) in [5.41, 5.74) is 6.21. The fourth-order valence-electron chi connectivity index (χ4n) is 2.88. The second-order valence-corrected chi connectivity index (χ2v) is 7.90. The van der Waals surface area contributed by atoms with Crippen molar-refractivity contribution in [3.8, 4) is 0 Å². The third kappa shape index (κ3) is 10.9. The number of carboxylic acid groups (broad SMARTS) is 3. The molecule has 1 rings (SSSR count). The van der Waals surface area contributed by atoms with Gasteiger partial charge in [0.05, 0.1) is 12.5 Å². The third-order valence-electron chi connectivity index (χ3n) is 4.72. The summed E-state index contributed by atoms with van der Waals surface area (Å²) in [4.78, 5) is 70.7. The number of carbonyl (C=O) groups is 6. The quantitative estimate of drug-likeness (QED) is 0.125. The molecule has 35 heavy (non-hydrogen) atoms. The highest BCUT2D eigenvalue weighted by Crippen LogP contribution is 2.06. The number of aliphatic carboxylic acids is 3. The van der Waals surface area contributed by atoms with E-state index in [2.05, 4.69) is 28.6 Å². The van der Waals surface area contributed by atoms with Gasteiger partial charge in [-0.05, 0) is 12.0 Å². The van der Waals surface area contributed by atoms with Gasteiger partial charge in [0.25, 0.3) is 0 Å². The van der Waals surface area contributed by atoms with E-state index in [0.29, 0.717) is 5.56 Å². The van der Waals surface area contributed by atoms with Crippen LogP contribution in [0, 0.1) is 0 Å². The summed E-state index contributed by atoms with van der Waals surface area (Å²) in [6, 6.07) is 3.02. The zero-order valence-corrected chi connectivity index (χ0v) is 19.4. The molecular formula is C21H28N4O9S. The zero-order chi connectivity index (χ0) is 26.5. The summed E-state index contributed by atoms with van der Waals surface area (Å²) in [5.74, 6) is -6.88. The predicted molar refractivity (Wildman–Crippen MR) is 125 cm³/mol. The van der Waals surface area contributed by atoms with Crippen molar-refractivity contribution in [2.45, 2.75) is 49.9 Å². The number of hydrogen-bond donors (Lipinski definition) is 8. The molecule has 0 aliphatic rings. The van der Waals surface area contributed by atoms with Crippen LogP contribution in [-0.4, -0.2) is 80.9 Å². The number of rotatable bonds is 15. The molecule has 0 spiro atoms. The Labute approximate surface area is 205 Å². The van der Waals surface area contributed by atoms with E-state index < -0.39 is 72.6 Å². The lowest BCUT2D eigenvalue weighted by atomic mass is 10.0. The number of nitrogens with one attached hydrogen (secondary N) is 3. The summed E-state index contributed by atoms with van der Waals surface area (Å²) in [6.45, 7) is 0. The van der Waals surface area contributed by atoms with Crippen LogP contribution in [0.3, 0.4) is 0 Å². The van der Waals surface area contributed by atoms with Crippen LogP contribution in [0.5, 0.6) is 0 Å². The number of carboxylic acids is 3. The lowest BCUT2D eigenvalue weighted by Gasteiger charge is -2.24. The van der Waals surface area contributed by atoms with Gasteiger partial charge in [-0.2, -0.15) is 12.6 Å². The van der Waals surface area contributed by atoms with Crippen LogP contribution in [0.15, 0.2) is 30.3 Å². The molecule has 0 fully saturated rings. The van der Waals surface area contributed by atoms with E-state index >= 15 is 0 Å². The predicted octanol–water partition coefficient (Wildman–Crippen LogP) is -1.64. The van der Waals surface area contributed by atoms with E-state index in [0.717, 1.165) is 0 Å². The van der Waals surface area contributed by atoms with Crippen molar-refractivity contribution >= 4 is 48.3 Å². The molecule has 3 amide bonds. The molecule has 1 aromatic carbocycles. The number of amides is 3. The molecule has 14 heteroatoms. The van der Waals surface area contributed by atoms with Crippen molar-refractivity contribution in [1.29, 1.82) is 0 Å². The van der Waals surface area contributed by atoms with E-state index in [1.165, 1.54) is 0 Å². The first-order valence-corrected chi connectivity index (χ1v) is 11.1. The van der Waals surface area contributed by atoms with Gasteiger partial charge in [-0.3, -0.25) is 24.0 Å². The fourth-order valence-corrected chi connectivity index (χ4v) is 3.14. The first-order chi connectivity index (χ1) is 16.4. The van der Waals surface area contributed by atoms with E-state index in [1.54, 1.807) is 30.3 Å². The summed E-state index contributed by atoms with van der Waals surface area (Å²) in [7, 11) is 0. The molecule has 0 saturated carbocycles. The van der Waals surface area contributed by atoms with Crippen molar-refractivity contribution in [3.63, 3.8) is 0 Å². The molecule has 0 saturated heterocycles. The number of benzene rings is 1. The SMILES string of the molecule is NC(CC(=O)O)C(=O)NC(Cc1ccccc1)C(=O)NC(CS)C(=O)NC(CCC(=O)O)C(=O)O. The van der Waals surface area contributed by atoms with Crippen molar-refractivity contribution in [2.75, 3.05) is 5.75 Å². The Balaban J connectivity index is 2.97. The van der Waals surface area contributed by atoms with Crippen LogP contribution in [-0.2, 0) is 35.2 Å². The van der Waals surface area contributed by atoms with Crippen LogP contribution in [0.4, 0.5) is 0 Å². The third-order valence-corrected chi connectivity index (χ3v) is 5.09. The van der Waals surface area contributed by atoms with Crippen molar-refractivity contribution in [2.24, 2.45) is 5.73 Å². The topological polar surface area (TPSA) is 225 Å². The minimum absolute atomic E-state index is 0.0184. The maximum atomic E-state index is 12.9. The van der Waals surface area contributed by atoms with Crippen LogP contribution in [0.1, 0.15) is 24.8 Å². The maximum Gasteiger partial charge on any atom is 0.326 e. The van der Waals surface area contributed by atoms with E-state index in [9.17, 15) is 33.9 Å². The van der Waals surface area contributed by atoms with Gasteiger partial charge in [0.1, 0.15) is 18.1 Å². The van der Waals surface area contributed by atoms with Gasteiger partial charge in [0, 0.05) is 18.6 Å². The highest BCUT2D eigenvalue weighted by molar-refractivity contribution is 7.80. The van der Waals surface area contributed by atoms with Crippen LogP contribution < -0.4 is 21.7 Å². The van der Waals surface area contributed by atoms with Gasteiger partial charge in [0.2, 0.25) is 17.7 Å². The standard InChI is InChI=1S/C21H28N4O9S/c22-12(9-17(28)29)18(30)24-14(8-11-4-2-1-3-5-11)19(31)25-15(10-35)20(32)23-13(21(33)34)6-7-16(26)27/h1-5,12-15,35H,6-10,22H2,(H,23,32)(H,24,30)(H,25,31)(H,26,27)(H,28,29)(H,33,34). The molecule has 0 heterocycles. The molecular weight excluding hydrogens is 484 g/mol. The molecule has 0 aromatic heterocycles. The lowest BCUT2D eigenvalue weighted by Crippen LogP contribution is -2.58. The molecule has 0 aliphatic carbocycles. The van der Waals surface area contributed by atoms with Crippen LogP contribution in [0.25, 0.3) is 0 Å². The van der Waals surface area contributed by atoms with Gasteiger partial charge in [-0.15, -0.1) is 0 Å². The lowest BCUT2D eigenvalue weighted by molar-refractivity contribution is -0.143. The first kappa shape index (κ1) is 29.4. The largest absolute Gasteiger partial charge is 0.481 e. The van der Waals surface area contributed by atoms with Crippen molar-refractivity contribution < 1.29 is 44.1 Å². The second-order valence-electron chi connectivity index (χ2n) is 7.53. The zero-order valence-electron chi connectivity index (χ0n) is 18.5. The molecule has 8 N–H and O–H groups in total. The van der Waals surface area contributed by atoms with Crippen molar-refractivity contribution in [3.05, 3.63) is 35.9 Å². The second kappa shape index (κ2) is 14.6. The highest BCUT2D eigenvalue weighted by Gasteiger charge is 2.30. The normalized spacial score (nSPS) is 14.0. The first-order valence-electron chi connectivity index (χ1n) is 10.4. The van der Waals surface area contributed by atoms with E-state index in [-0.39, 0.29) is 18.6 Å². The van der Waals surface area contributed by atoms with Gasteiger partial charge in [-0.25, -0.2) is 4.79 Å². The van der Waals surface area contributed by atoms with E-state index in [1.807, 2.05) is 0 Å². The van der Waals surface area contributed by atoms with Gasteiger partial charge < -0.3 is 37.0 Å². The summed E-state index contributed by atoms with van der Waals surface area (Å²) >= 11 is 4.01.